The van der Waals surface area contributed by atoms with Crippen LogP contribution in [0.2, 0.25) is 10.0 Å². The largest absolute Gasteiger partial charge is 0.353 e. The second-order valence-electron chi connectivity index (χ2n) is 6.53. The molecule has 0 saturated carbocycles. The summed E-state index contributed by atoms with van der Waals surface area (Å²) in [5, 5.41) is 4.34. The Labute approximate surface area is 160 Å². The lowest BCUT2D eigenvalue weighted by molar-refractivity contribution is 1.41. The summed E-state index contributed by atoms with van der Waals surface area (Å²) in [5.41, 5.74) is 6.09. The first-order valence-electron chi connectivity index (χ1n) is 8.38. The Morgan fingerprint density at radius 2 is 1.62 bits per heavy atom. The molecule has 0 atom stereocenters. The first-order valence-corrected chi connectivity index (χ1v) is 9.13. The van der Waals surface area contributed by atoms with Gasteiger partial charge in [-0.3, -0.25) is 0 Å². The van der Waals surface area contributed by atoms with Crippen molar-refractivity contribution in [3.05, 3.63) is 76.3 Å². The van der Waals surface area contributed by atoms with Gasteiger partial charge < -0.3 is 4.98 Å². The quantitative estimate of drug-likeness (QED) is 0.330. The van der Waals surface area contributed by atoms with Gasteiger partial charge in [0.2, 0.25) is 0 Å². The predicted molar refractivity (Wildman–Crippen MR) is 111 cm³/mol. The smallest absolute Gasteiger partial charge is 0.0809 e. The molecule has 0 spiro atoms. The summed E-state index contributed by atoms with van der Waals surface area (Å²) in [6, 6.07) is 20.3. The van der Waals surface area contributed by atoms with E-state index >= 15 is 0 Å². The third kappa shape index (κ3) is 2.30. The molecule has 0 fully saturated rings. The van der Waals surface area contributed by atoms with E-state index in [0.717, 1.165) is 44.0 Å². The van der Waals surface area contributed by atoms with E-state index in [9.17, 15) is 0 Å². The molecule has 0 radical (unpaired) electrons. The van der Waals surface area contributed by atoms with E-state index in [2.05, 4.69) is 42.2 Å². The van der Waals surface area contributed by atoms with Crippen molar-refractivity contribution in [1.29, 1.82) is 0 Å². The number of aromatic nitrogens is 2. The SMILES string of the molecule is Cc1ccc(-c2nc3ccccc3c3[nH]c4c(Cl)cc(Cl)cc4c23)cc1. The molecule has 0 aliphatic rings. The highest BCUT2D eigenvalue weighted by Crippen LogP contribution is 2.40. The lowest BCUT2D eigenvalue weighted by Gasteiger charge is -2.08. The van der Waals surface area contributed by atoms with Crippen molar-refractivity contribution < 1.29 is 0 Å². The second kappa shape index (κ2) is 5.73. The Bertz CT molecular complexity index is 1300. The third-order valence-corrected chi connectivity index (χ3v) is 5.31. The molecule has 26 heavy (non-hydrogen) atoms. The Morgan fingerprint density at radius 1 is 0.846 bits per heavy atom. The fraction of sp³-hybridized carbons (Fsp3) is 0.0455. The molecule has 0 saturated heterocycles. The van der Waals surface area contributed by atoms with Gasteiger partial charge in [-0.1, -0.05) is 71.2 Å². The van der Waals surface area contributed by atoms with Gasteiger partial charge in [0.25, 0.3) is 0 Å². The number of nitrogens with one attached hydrogen (secondary N) is 1. The van der Waals surface area contributed by atoms with Crippen molar-refractivity contribution >= 4 is 55.9 Å². The van der Waals surface area contributed by atoms with Crippen LogP contribution >= 0.6 is 23.2 Å². The van der Waals surface area contributed by atoms with Crippen LogP contribution in [-0.2, 0) is 0 Å². The highest BCUT2D eigenvalue weighted by atomic mass is 35.5. The molecule has 126 valence electrons. The van der Waals surface area contributed by atoms with Crippen molar-refractivity contribution in [1.82, 2.24) is 9.97 Å². The predicted octanol–water partition coefficient (Wildman–Crippen LogP) is 7.15. The highest BCUT2D eigenvalue weighted by molar-refractivity contribution is 6.40. The lowest BCUT2D eigenvalue weighted by atomic mass is 10.0. The van der Waals surface area contributed by atoms with E-state index < -0.39 is 0 Å². The van der Waals surface area contributed by atoms with Gasteiger partial charge in [-0.15, -0.1) is 0 Å². The van der Waals surface area contributed by atoms with Gasteiger partial charge in [-0.2, -0.15) is 0 Å². The van der Waals surface area contributed by atoms with Gasteiger partial charge in [0.1, 0.15) is 0 Å². The van der Waals surface area contributed by atoms with Crippen LogP contribution in [-0.4, -0.2) is 9.97 Å². The molecule has 1 N–H and O–H groups in total. The summed E-state index contributed by atoms with van der Waals surface area (Å²) in [7, 11) is 0. The van der Waals surface area contributed by atoms with Crippen LogP contribution in [0.25, 0.3) is 44.0 Å². The molecule has 0 amide bonds. The van der Waals surface area contributed by atoms with Gasteiger partial charge in [-0.05, 0) is 25.1 Å². The van der Waals surface area contributed by atoms with Gasteiger partial charge in [-0.25, -0.2) is 4.98 Å². The second-order valence-corrected chi connectivity index (χ2v) is 7.37. The van der Waals surface area contributed by atoms with Gasteiger partial charge >= 0.3 is 0 Å². The number of para-hydroxylation sites is 1. The number of H-pyrrole nitrogens is 1. The molecule has 0 unspecified atom stereocenters. The lowest BCUT2D eigenvalue weighted by Crippen LogP contribution is -1.88. The summed E-state index contributed by atoms with van der Waals surface area (Å²) < 4.78 is 0. The van der Waals surface area contributed by atoms with Crippen molar-refractivity contribution in [2.75, 3.05) is 0 Å². The molecule has 5 aromatic rings. The molecular weight excluding hydrogens is 363 g/mol. The molecule has 4 heteroatoms. The zero-order chi connectivity index (χ0) is 17.8. The van der Waals surface area contributed by atoms with E-state index in [0.29, 0.717) is 10.0 Å². The number of benzene rings is 3. The van der Waals surface area contributed by atoms with Gasteiger partial charge in [0.15, 0.2) is 0 Å². The van der Waals surface area contributed by atoms with E-state index in [1.807, 2.05) is 24.3 Å². The van der Waals surface area contributed by atoms with Crippen molar-refractivity contribution in [3.63, 3.8) is 0 Å². The van der Waals surface area contributed by atoms with Crippen LogP contribution in [0.1, 0.15) is 5.56 Å². The summed E-state index contributed by atoms with van der Waals surface area (Å²) in [6.07, 6.45) is 0. The normalized spacial score (nSPS) is 11.7. The zero-order valence-electron chi connectivity index (χ0n) is 14.0. The number of pyridine rings is 1. The Kier molecular flexibility index (Phi) is 3.46. The van der Waals surface area contributed by atoms with Crippen LogP contribution in [0.15, 0.2) is 60.7 Å². The number of aryl methyl sites for hydroxylation is 1. The molecular formula is C22H14Cl2N2. The fourth-order valence-corrected chi connectivity index (χ4v) is 4.09. The number of hydrogen-bond acceptors (Lipinski definition) is 1. The molecule has 5 rings (SSSR count). The summed E-state index contributed by atoms with van der Waals surface area (Å²) in [4.78, 5) is 8.49. The van der Waals surface area contributed by atoms with Crippen LogP contribution in [0.4, 0.5) is 0 Å². The van der Waals surface area contributed by atoms with Crippen molar-refractivity contribution in [2.45, 2.75) is 6.92 Å². The molecule has 0 aliphatic carbocycles. The molecule has 2 nitrogen and oxygen atoms in total. The summed E-state index contributed by atoms with van der Waals surface area (Å²) in [5.74, 6) is 0. The number of nitrogens with zero attached hydrogens (tertiary/aromatic N) is 1. The number of rotatable bonds is 1. The third-order valence-electron chi connectivity index (χ3n) is 4.79. The maximum absolute atomic E-state index is 6.47. The van der Waals surface area contributed by atoms with E-state index in [1.165, 1.54) is 5.56 Å². The average molecular weight is 377 g/mol. The van der Waals surface area contributed by atoms with Crippen LogP contribution in [0.3, 0.4) is 0 Å². The van der Waals surface area contributed by atoms with Gasteiger partial charge in [0.05, 0.1) is 27.3 Å². The first kappa shape index (κ1) is 15.7. The number of aromatic amines is 1. The Hall–Kier alpha value is -2.55. The first-order chi connectivity index (χ1) is 12.6. The van der Waals surface area contributed by atoms with Crippen molar-refractivity contribution in [2.24, 2.45) is 0 Å². The topological polar surface area (TPSA) is 28.7 Å². The molecule has 3 aromatic carbocycles. The summed E-state index contributed by atoms with van der Waals surface area (Å²) in [6.45, 7) is 2.08. The molecule has 2 aromatic heterocycles. The minimum Gasteiger partial charge on any atom is -0.353 e. The Balaban J connectivity index is 2.03. The maximum atomic E-state index is 6.47. The average Bonchev–Trinajstić information content (AvgIpc) is 3.02. The number of fused-ring (bicyclic) bond motifs is 5. The van der Waals surface area contributed by atoms with E-state index in [4.69, 9.17) is 28.2 Å². The van der Waals surface area contributed by atoms with Crippen LogP contribution in [0.5, 0.6) is 0 Å². The highest BCUT2D eigenvalue weighted by Gasteiger charge is 2.17. The Morgan fingerprint density at radius 3 is 2.42 bits per heavy atom. The van der Waals surface area contributed by atoms with E-state index in [-0.39, 0.29) is 0 Å². The minimum atomic E-state index is 0.614. The molecule has 2 heterocycles. The van der Waals surface area contributed by atoms with Crippen LogP contribution in [0, 0.1) is 6.92 Å². The monoisotopic (exact) mass is 376 g/mol. The van der Waals surface area contributed by atoms with Gasteiger partial charge in [0, 0.05) is 26.7 Å². The molecule has 0 aliphatic heterocycles. The minimum absolute atomic E-state index is 0.614. The standard InChI is InChI=1S/C22H14Cl2N2/c1-12-6-8-13(9-7-12)20-19-16-10-14(23)11-17(24)21(16)26-22(19)15-4-2-3-5-18(15)25-20/h2-11,26H,1H3. The fourth-order valence-electron chi connectivity index (χ4n) is 3.55. The number of hydrogen-bond donors (Lipinski definition) is 1. The zero-order valence-corrected chi connectivity index (χ0v) is 15.5. The summed E-state index contributed by atoms with van der Waals surface area (Å²) >= 11 is 12.8. The van der Waals surface area contributed by atoms with Crippen LogP contribution < -0.4 is 0 Å². The van der Waals surface area contributed by atoms with E-state index in [1.54, 1.807) is 6.07 Å². The van der Waals surface area contributed by atoms with Crippen molar-refractivity contribution in [3.8, 4) is 11.3 Å². The maximum Gasteiger partial charge on any atom is 0.0809 e. The number of halogens is 2. The molecule has 0 bridgehead atoms.